The minimum absolute atomic E-state index is 0.0610. The van der Waals surface area contributed by atoms with Crippen molar-refractivity contribution in [3.63, 3.8) is 0 Å². The minimum Gasteiger partial charge on any atom is -0.507 e. The van der Waals surface area contributed by atoms with Gasteiger partial charge in [0.15, 0.2) is 0 Å². The molecule has 0 aliphatic carbocycles. The highest BCUT2D eigenvalue weighted by Crippen LogP contribution is 2.41. The molecule has 0 bridgehead atoms. The molecule has 1 atom stereocenters. The van der Waals surface area contributed by atoms with Crippen molar-refractivity contribution in [1.82, 2.24) is 4.90 Å². The number of Topliss-reactive ketones (excluding diaryl/α,β-unsaturated/α-hetero) is 1. The highest BCUT2D eigenvalue weighted by Gasteiger charge is 2.47. The summed E-state index contributed by atoms with van der Waals surface area (Å²) in [6, 6.07) is 8.60. The van der Waals surface area contributed by atoms with E-state index in [2.05, 4.69) is 20.8 Å². The van der Waals surface area contributed by atoms with Crippen LogP contribution < -0.4 is 0 Å². The number of aliphatic hydroxyl groups excluding tert-OH is 1. The molecule has 3 rings (SSSR count). The number of amides is 1. The van der Waals surface area contributed by atoms with E-state index in [9.17, 15) is 14.7 Å². The Morgan fingerprint density at radius 2 is 1.87 bits per heavy atom. The van der Waals surface area contributed by atoms with Gasteiger partial charge in [-0.2, -0.15) is 0 Å². The van der Waals surface area contributed by atoms with Gasteiger partial charge in [0.05, 0.1) is 5.57 Å². The highest BCUT2D eigenvalue weighted by atomic mass is 16.5. The first-order valence-electron chi connectivity index (χ1n) is 10.5. The maximum absolute atomic E-state index is 13.1. The van der Waals surface area contributed by atoms with Crippen LogP contribution in [0.15, 0.2) is 40.3 Å². The van der Waals surface area contributed by atoms with E-state index in [-0.39, 0.29) is 16.7 Å². The van der Waals surface area contributed by atoms with Crippen LogP contribution in [0.5, 0.6) is 0 Å². The van der Waals surface area contributed by atoms with Crippen molar-refractivity contribution in [3.8, 4) is 0 Å². The van der Waals surface area contributed by atoms with Crippen LogP contribution in [0, 0.1) is 13.8 Å². The number of rotatable bonds is 6. The summed E-state index contributed by atoms with van der Waals surface area (Å²) in [6.07, 6.45) is 0.568. The number of ether oxygens (including phenoxy) is 1. The second kappa shape index (κ2) is 8.71. The van der Waals surface area contributed by atoms with Gasteiger partial charge in [-0.05, 0) is 55.0 Å². The third-order valence-corrected chi connectivity index (χ3v) is 5.68. The van der Waals surface area contributed by atoms with Crippen LogP contribution in [0.1, 0.15) is 61.4 Å². The average molecular weight is 426 g/mol. The van der Waals surface area contributed by atoms with Crippen LogP contribution in [0.4, 0.5) is 0 Å². The zero-order chi connectivity index (χ0) is 22.9. The first kappa shape index (κ1) is 22.8. The lowest BCUT2D eigenvalue weighted by Crippen LogP contribution is -2.31. The maximum Gasteiger partial charge on any atom is 0.295 e. The van der Waals surface area contributed by atoms with E-state index >= 15 is 0 Å². The third kappa shape index (κ3) is 4.44. The molecule has 0 spiro atoms. The molecule has 1 unspecified atom stereocenters. The van der Waals surface area contributed by atoms with Crippen molar-refractivity contribution in [2.75, 3.05) is 20.3 Å². The predicted octanol–water partition coefficient (Wildman–Crippen LogP) is 4.65. The van der Waals surface area contributed by atoms with Crippen LogP contribution >= 0.6 is 0 Å². The predicted molar refractivity (Wildman–Crippen MR) is 119 cm³/mol. The van der Waals surface area contributed by atoms with E-state index in [1.807, 2.05) is 25.1 Å². The Hall–Kier alpha value is -2.86. The third-order valence-electron chi connectivity index (χ3n) is 5.68. The number of ketones is 1. The van der Waals surface area contributed by atoms with E-state index in [1.165, 1.54) is 4.90 Å². The van der Waals surface area contributed by atoms with Crippen molar-refractivity contribution < 1.29 is 23.8 Å². The van der Waals surface area contributed by atoms with Gasteiger partial charge in [0, 0.05) is 25.8 Å². The van der Waals surface area contributed by atoms with Gasteiger partial charge < -0.3 is 19.2 Å². The Balaban J connectivity index is 2.17. The second-order valence-corrected chi connectivity index (χ2v) is 9.07. The number of carbonyl (C=O) groups is 2. The van der Waals surface area contributed by atoms with Crippen molar-refractivity contribution in [3.05, 3.63) is 64.1 Å². The molecular formula is C25H31NO5. The van der Waals surface area contributed by atoms with Crippen LogP contribution in [-0.4, -0.2) is 42.0 Å². The first-order chi connectivity index (χ1) is 14.6. The van der Waals surface area contributed by atoms with E-state index in [0.717, 1.165) is 11.1 Å². The van der Waals surface area contributed by atoms with Gasteiger partial charge in [0.25, 0.3) is 11.7 Å². The summed E-state index contributed by atoms with van der Waals surface area (Å²) >= 11 is 0. The average Bonchev–Trinajstić information content (AvgIpc) is 3.23. The number of nitrogens with zero attached hydrogens (tertiary/aromatic N) is 1. The van der Waals surface area contributed by atoms with Crippen LogP contribution in [0.3, 0.4) is 0 Å². The van der Waals surface area contributed by atoms with E-state index in [4.69, 9.17) is 9.15 Å². The molecule has 31 heavy (non-hydrogen) atoms. The minimum atomic E-state index is -0.775. The molecule has 1 aromatic carbocycles. The number of aryl methyl sites for hydroxylation is 2. The number of hydrogen-bond donors (Lipinski definition) is 1. The maximum atomic E-state index is 13.1. The number of methoxy groups -OCH3 is 1. The van der Waals surface area contributed by atoms with Gasteiger partial charge in [-0.3, -0.25) is 9.59 Å². The molecule has 1 N–H and O–H groups in total. The normalized spacial score (nSPS) is 18.8. The molecule has 1 amide bonds. The van der Waals surface area contributed by atoms with Crippen LogP contribution in [0.2, 0.25) is 0 Å². The summed E-state index contributed by atoms with van der Waals surface area (Å²) < 4.78 is 10.9. The Morgan fingerprint density at radius 1 is 1.16 bits per heavy atom. The molecule has 1 fully saturated rings. The Bertz CT molecular complexity index is 1020. The monoisotopic (exact) mass is 425 g/mol. The molecule has 0 radical (unpaired) electrons. The zero-order valence-corrected chi connectivity index (χ0v) is 19.1. The molecule has 1 aromatic heterocycles. The SMILES string of the molecule is COCCCN1C(=O)C(=O)/C(=C(/O)c2cc(C(C)(C)C)ccc2C)C1c1ccc(C)o1. The first-order valence-corrected chi connectivity index (χ1v) is 10.5. The van der Waals surface area contributed by atoms with Crippen molar-refractivity contribution >= 4 is 17.4 Å². The Morgan fingerprint density at radius 3 is 2.45 bits per heavy atom. The summed E-state index contributed by atoms with van der Waals surface area (Å²) in [5, 5.41) is 11.3. The van der Waals surface area contributed by atoms with Crippen molar-refractivity contribution in [2.45, 2.75) is 52.5 Å². The lowest BCUT2D eigenvalue weighted by molar-refractivity contribution is -0.140. The van der Waals surface area contributed by atoms with Crippen LogP contribution in [-0.2, 0) is 19.7 Å². The van der Waals surface area contributed by atoms with Gasteiger partial charge in [0.2, 0.25) is 0 Å². The van der Waals surface area contributed by atoms with Gasteiger partial charge in [-0.15, -0.1) is 0 Å². The second-order valence-electron chi connectivity index (χ2n) is 9.07. The van der Waals surface area contributed by atoms with E-state index in [1.54, 1.807) is 26.2 Å². The van der Waals surface area contributed by atoms with Gasteiger partial charge in [0.1, 0.15) is 23.3 Å². The van der Waals surface area contributed by atoms with Gasteiger partial charge in [-0.1, -0.05) is 32.9 Å². The quantitative estimate of drug-likeness (QED) is 0.315. The molecule has 1 aliphatic heterocycles. The van der Waals surface area contributed by atoms with Gasteiger partial charge >= 0.3 is 0 Å². The standard InChI is InChI=1S/C25H31NO5/c1-15-8-10-17(25(3,4)5)14-18(15)22(27)20-21(19-11-9-16(2)31-19)26(12-7-13-30-6)24(29)23(20)28/h8-11,14,21,27H,7,12-13H2,1-6H3/b22-20+. The number of aliphatic hydroxyl groups is 1. The number of carbonyl (C=O) groups excluding carboxylic acids is 2. The fourth-order valence-electron chi connectivity index (χ4n) is 3.87. The van der Waals surface area contributed by atoms with Gasteiger partial charge in [-0.25, -0.2) is 0 Å². The number of furan rings is 1. The summed E-state index contributed by atoms with van der Waals surface area (Å²) in [5.41, 5.74) is 2.33. The molecule has 2 heterocycles. The topological polar surface area (TPSA) is 80.0 Å². The molecule has 0 saturated carbocycles. The number of hydrogen-bond acceptors (Lipinski definition) is 5. The van der Waals surface area contributed by atoms with E-state index in [0.29, 0.717) is 36.7 Å². The highest BCUT2D eigenvalue weighted by molar-refractivity contribution is 6.46. The van der Waals surface area contributed by atoms with E-state index < -0.39 is 17.7 Å². The molecule has 1 saturated heterocycles. The Labute approximate surface area is 183 Å². The number of benzene rings is 1. The van der Waals surface area contributed by atoms with Crippen LogP contribution in [0.25, 0.3) is 5.76 Å². The molecule has 6 heteroatoms. The number of likely N-dealkylation sites (tertiary alicyclic amines) is 1. The summed E-state index contributed by atoms with van der Waals surface area (Å²) in [6.45, 7) is 10.7. The lowest BCUT2D eigenvalue weighted by atomic mass is 9.84. The summed E-state index contributed by atoms with van der Waals surface area (Å²) in [7, 11) is 1.59. The fraction of sp³-hybridized carbons (Fsp3) is 0.440. The summed E-state index contributed by atoms with van der Waals surface area (Å²) in [4.78, 5) is 27.4. The molecule has 166 valence electrons. The molecule has 6 nitrogen and oxygen atoms in total. The Kier molecular flexibility index (Phi) is 6.41. The smallest absolute Gasteiger partial charge is 0.295 e. The van der Waals surface area contributed by atoms with Crippen molar-refractivity contribution in [2.24, 2.45) is 0 Å². The van der Waals surface area contributed by atoms with Crippen molar-refractivity contribution in [1.29, 1.82) is 0 Å². The largest absolute Gasteiger partial charge is 0.507 e. The molecule has 2 aromatic rings. The summed E-state index contributed by atoms with van der Waals surface area (Å²) in [5.74, 6) is -0.380. The fourth-order valence-corrected chi connectivity index (χ4v) is 3.87. The molecular weight excluding hydrogens is 394 g/mol. The lowest BCUT2D eigenvalue weighted by Gasteiger charge is -2.24. The zero-order valence-electron chi connectivity index (χ0n) is 19.1. The molecule has 1 aliphatic rings.